The minimum absolute atomic E-state index is 0. The summed E-state index contributed by atoms with van der Waals surface area (Å²) in [4.78, 5) is 12.1. The minimum atomic E-state index is 0. The van der Waals surface area contributed by atoms with Gasteiger partial charge in [0, 0.05) is 18.7 Å². The van der Waals surface area contributed by atoms with E-state index in [2.05, 4.69) is 5.32 Å². The minimum Gasteiger partial charge on any atom is -0.351 e. The van der Waals surface area contributed by atoms with Crippen LogP contribution in [0.5, 0.6) is 0 Å². The van der Waals surface area contributed by atoms with Crippen molar-refractivity contribution in [3.8, 4) is 0 Å². The molecule has 0 heterocycles. The van der Waals surface area contributed by atoms with Gasteiger partial charge in [0.25, 0.3) is 5.91 Å². The predicted molar refractivity (Wildman–Crippen MR) is 82.9 cm³/mol. The van der Waals surface area contributed by atoms with Crippen LogP contribution in [0.4, 0.5) is 0 Å². The van der Waals surface area contributed by atoms with Gasteiger partial charge in [-0.15, -0.1) is 12.4 Å². The first-order chi connectivity index (χ1) is 9.23. The van der Waals surface area contributed by atoms with E-state index in [-0.39, 0.29) is 18.3 Å². The molecule has 0 aromatic heterocycles. The number of carbonyl (C=O) groups excluding carboxylic acids is 1. The van der Waals surface area contributed by atoms with Crippen LogP contribution in [0.2, 0.25) is 0 Å². The van der Waals surface area contributed by atoms with Gasteiger partial charge in [-0.25, -0.2) is 0 Å². The SMILES string of the molecule is Cl.NCc1ccc(C(=O)NCC2(C3CC3)CCC2)cc1. The smallest absolute Gasteiger partial charge is 0.251 e. The Labute approximate surface area is 126 Å². The van der Waals surface area contributed by atoms with Gasteiger partial charge in [0.2, 0.25) is 0 Å². The molecule has 2 fully saturated rings. The molecule has 0 aliphatic heterocycles. The highest BCUT2D eigenvalue weighted by Crippen LogP contribution is 2.56. The zero-order valence-electron chi connectivity index (χ0n) is 11.7. The summed E-state index contributed by atoms with van der Waals surface area (Å²) in [6.45, 7) is 1.38. The second-order valence-corrected chi connectivity index (χ2v) is 6.07. The van der Waals surface area contributed by atoms with Crippen LogP contribution < -0.4 is 11.1 Å². The normalized spacial score (nSPS) is 19.6. The molecule has 0 atom stereocenters. The first-order valence-corrected chi connectivity index (χ1v) is 7.31. The molecule has 0 radical (unpaired) electrons. The molecule has 3 rings (SSSR count). The van der Waals surface area contributed by atoms with Crippen LogP contribution in [0.1, 0.15) is 48.0 Å². The van der Waals surface area contributed by atoms with E-state index in [1.165, 1.54) is 32.1 Å². The Bertz CT molecular complexity index is 464. The third-order valence-electron chi connectivity index (χ3n) is 4.85. The summed E-state index contributed by atoms with van der Waals surface area (Å²) in [5.41, 5.74) is 7.79. The van der Waals surface area contributed by atoms with E-state index in [0.717, 1.165) is 23.6 Å². The molecule has 3 nitrogen and oxygen atoms in total. The Hall–Kier alpha value is -1.06. The second-order valence-electron chi connectivity index (χ2n) is 6.07. The Kier molecular flexibility index (Phi) is 4.71. The quantitative estimate of drug-likeness (QED) is 0.877. The molecule has 0 bridgehead atoms. The molecule has 2 aliphatic rings. The van der Waals surface area contributed by atoms with Crippen LogP contribution >= 0.6 is 12.4 Å². The fraction of sp³-hybridized carbons (Fsp3) is 0.562. The molecule has 2 saturated carbocycles. The van der Waals surface area contributed by atoms with Gasteiger partial charge in [-0.1, -0.05) is 18.6 Å². The van der Waals surface area contributed by atoms with E-state index in [0.29, 0.717) is 12.0 Å². The van der Waals surface area contributed by atoms with Crippen LogP contribution in [0, 0.1) is 11.3 Å². The summed E-state index contributed by atoms with van der Waals surface area (Å²) in [7, 11) is 0. The maximum absolute atomic E-state index is 12.1. The highest BCUT2D eigenvalue weighted by atomic mass is 35.5. The van der Waals surface area contributed by atoms with E-state index in [4.69, 9.17) is 5.73 Å². The molecule has 1 amide bonds. The maximum Gasteiger partial charge on any atom is 0.251 e. The molecule has 2 aliphatic carbocycles. The maximum atomic E-state index is 12.1. The fourth-order valence-electron chi connectivity index (χ4n) is 3.21. The second kappa shape index (κ2) is 6.15. The molecule has 110 valence electrons. The van der Waals surface area contributed by atoms with Crippen molar-refractivity contribution in [2.75, 3.05) is 6.54 Å². The molecule has 1 aromatic rings. The third kappa shape index (κ3) is 2.99. The number of hydrogen-bond donors (Lipinski definition) is 2. The largest absolute Gasteiger partial charge is 0.351 e. The first-order valence-electron chi connectivity index (χ1n) is 7.31. The highest BCUT2D eigenvalue weighted by molar-refractivity contribution is 5.94. The van der Waals surface area contributed by atoms with E-state index < -0.39 is 0 Å². The molecule has 0 saturated heterocycles. The van der Waals surface area contributed by atoms with Gasteiger partial charge in [0.05, 0.1) is 0 Å². The van der Waals surface area contributed by atoms with Gasteiger partial charge in [-0.05, 0) is 54.7 Å². The summed E-state index contributed by atoms with van der Waals surface area (Å²) in [6, 6.07) is 7.58. The van der Waals surface area contributed by atoms with Crippen molar-refractivity contribution in [2.45, 2.75) is 38.6 Å². The first kappa shape index (κ1) is 15.3. The van der Waals surface area contributed by atoms with Gasteiger partial charge in [-0.2, -0.15) is 0 Å². The lowest BCUT2D eigenvalue weighted by molar-refractivity contribution is 0.0781. The van der Waals surface area contributed by atoms with Gasteiger partial charge in [0.15, 0.2) is 0 Å². The van der Waals surface area contributed by atoms with Crippen molar-refractivity contribution in [3.63, 3.8) is 0 Å². The Morgan fingerprint density at radius 2 is 1.90 bits per heavy atom. The summed E-state index contributed by atoms with van der Waals surface area (Å²) >= 11 is 0. The lowest BCUT2D eigenvalue weighted by Crippen LogP contribution is -2.43. The number of halogens is 1. The summed E-state index contributed by atoms with van der Waals surface area (Å²) in [6.07, 6.45) is 6.65. The van der Waals surface area contributed by atoms with Gasteiger partial charge >= 0.3 is 0 Å². The molecular weight excluding hydrogens is 272 g/mol. The van der Waals surface area contributed by atoms with Gasteiger partial charge < -0.3 is 11.1 Å². The summed E-state index contributed by atoms with van der Waals surface area (Å²) < 4.78 is 0. The van der Waals surface area contributed by atoms with Gasteiger partial charge in [-0.3, -0.25) is 4.79 Å². The van der Waals surface area contributed by atoms with E-state index in [9.17, 15) is 4.79 Å². The number of nitrogens with one attached hydrogen (secondary N) is 1. The molecule has 4 heteroatoms. The van der Waals surface area contributed by atoms with Crippen LogP contribution in [-0.2, 0) is 6.54 Å². The Morgan fingerprint density at radius 1 is 1.25 bits per heavy atom. The molecule has 3 N–H and O–H groups in total. The van der Waals surface area contributed by atoms with Crippen molar-refractivity contribution in [3.05, 3.63) is 35.4 Å². The number of amides is 1. The Morgan fingerprint density at radius 3 is 2.35 bits per heavy atom. The average molecular weight is 295 g/mol. The van der Waals surface area contributed by atoms with Crippen molar-refractivity contribution < 1.29 is 4.79 Å². The predicted octanol–water partition coefficient (Wildman–Crippen LogP) is 2.88. The van der Waals surface area contributed by atoms with E-state index in [1.54, 1.807) is 0 Å². The standard InChI is InChI=1S/C16H22N2O.ClH/c17-10-12-2-4-13(5-3-12)15(19)18-11-16(8-1-9-16)14-6-7-14;/h2-5,14H,1,6-11,17H2,(H,18,19);1H. The lowest BCUT2D eigenvalue weighted by Gasteiger charge is -2.42. The van der Waals surface area contributed by atoms with Crippen LogP contribution in [0.15, 0.2) is 24.3 Å². The molecule has 20 heavy (non-hydrogen) atoms. The molecule has 1 aromatic carbocycles. The van der Waals surface area contributed by atoms with Crippen molar-refractivity contribution >= 4 is 18.3 Å². The molecular formula is C16H23ClN2O. The van der Waals surface area contributed by atoms with Crippen LogP contribution in [0.3, 0.4) is 0 Å². The zero-order chi connectivity index (χ0) is 13.3. The number of rotatable bonds is 5. The van der Waals surface area contributed by atoms with Crippen LogP contribution in [0.25, 0.3) is 0 Å². The lowest BCUT2D eigenvalue weighted by atomic mass is 9.65. The van der Waals surface area contributed by atoms with E-state index >= 15 is 0 Å². The fourth-order valence-corrected chi connectivity index (χ4v) is 3.21. The summed E-state index contributed by atoms with van der Waals surface area (Å²) in [5.74, 6) is 0.927. The monoisotopic (exact) mass is 294 g/mol. The zero-order valence-corrected chi connectivity index (χ0v) is 12.5. The van der Waals surface area contributed by atoms with Crippen molar-refractivity contribution in [1.82, 2.24) is 5.32 Å². The van der Waals surface area contributed by atoms with E-state index in [1.807, 2.05) is 24.3 Å². The number of carbonyl (C=O) groups is 1. The van der Waals surface area contributed by atoms with Crippen molar-refractivity contribution in [1.29, 1.82) is 0 Å². The highest BCUT2D eigenvalue weighted by Gasteiger charge is 2.48. The molecule has 0 spiro atoms. The number of nitrogens with two attached hydrogens (primary N) is 1. The molecule has 0 unspecified atom stereocenters. The Balaban J connectivity index is 0.00000147. The number of hydrogen-bond acceptors (Lipinski definition) is 2. The van der Waals surface area contributed by atoms with Crippen LogP contribution in [-0.4, -0.2) is 12.5 Å². The topological polar surface area (TPSA) is 55.1 Å². The summed E-state index contributed by atoms with van der Waals surface area (Å²) in [5, 5.41) is 3.13. The third-order valence-corrected chi connectivity index (χ3v) is 4.85. The average Bonchev–Trinajstić information content (AvgIpc) is 3.22. The van der Waals surface area contributed by atoms with Gasteiger partial charge in [0.1, 0.15) is 0 Å². The van der Waals surface area contributed by atoms with Crippen molar-refractivity contribution in [2.24, 2.45) is 17.1 Å². The number of benzene rings is 1.